The van der Waals surface area contributed by atoms with Gasteiger partial charge in [-0.1, -0.05) is 0 Å². The van der Waals surface area contributed by atoms with E-state index in [1.54, 1.807) is 36.4 Å². The number of hydrogen-bond acceptors (Lipinski definition) is 7. The maximum Gasteiger partial charge on any atom is 0.261 e. The van der Waals surface area contributed by atoms with Gasteiger partial charge in [0, 0.05) is 37.2 Å². The van der Waals surface area contributed by atoms with Gasteiger partial charge in [0.15, 0.2) is 0 Å². The minimum absolute atomic E-state index is 0.157. The summed E-state index contributed by atoms with van der Waals surface area (Å²) in [6.45, 7) is 1.90. The molecule has 0 aliphatic carbocycles. The Hall–Kier alpha value is -3.33. The number of ether oxygens (including phenoxy) is 1. The van der Waals surface area contributed by atoms with Gasteiger partial charge in [-0.2, -0.15) is 4.98 Å². The average molecular weight is 414 g/mol. The lowest BCUT2D eigenvalue weighted by atomic mass is 10.3. The number of anilines is 4. The predicted octanol–water partition coefficient (Wildman–Crippen LogP) is 3.40. The second-order valence-corrected chi connectivity index (χ2v) is 8.25. The number of aromatic nitrogens is 2. The van der Waals surface area contributed by atoms with Gasteiger partial charge < -0.3 is 15.0 Å². The highest BCUT2D eigenvalue weighted by atomic mass is 32.2. The van der Waals surface area contributed by atoms with Crippen LogP contribution in [0.1, 0.15) is 5.69 Å². The lowest BCUT2D eigenvalue weighted by Crippen LogP contribution is -2.13. The first-order chi connectivity index (χ1) is 13.8. The monoisotopic (exact) mass is 413 g/mol. The zero-order valence-electron chi connectivity index (χ0n) is 16.7. The molecule has 0 radical (unpaired) electrons. The SMILES string of the molecule is COc1ccc(S(=O)(=O)Nc2ccc(Nc3nc(C)cc(N(C)C)n3)cc2)cc1. The first kappa shape index (κ1) is 20.4. The van der Waals surface area contributed by atoms with Crippen LogP contribution in [0, 0.1) is 6.92 Å². The van der Waals surface area contributed by atoms with E-state index >= 15 is 0 Å². The Balaban J connectivity index is 1.73. The number of nitrogens with one attached hydrogen (secondary N) is 2. The van der Waals surface area contributed by atoms with Crippen LogP contribution in [0.25, 0.3) is 0 Å². The van der Waals surface area contributed by atoms with Crippen LogP contribution in [0.2, 0.25) is 0 Å². The molecule has 2 aromatic carbocycles. The van der Waals surface area contributed by atoms with Gasteiger partial charge in [-0.3, -0.25) is 4.72 Å². The Morgan fingerprint density at radius 3 is 2.14 bits per heavy atom. The van der Waals surface area contributed by atoms with E-state index in [4.69, 9.17) is 4.74 Å². The summed E-state index contributed by atoms with van der Waals surface area (Å²) in [6, 6.07) is 14.9. The van der Waals surface area contributed by atoms with E-state index in [-0.39, 0.29) is 4.90 Å². The van der Waals surface area contributed by atoms with E-state index in [2.05, 4.69) is 20.0 Å². The molecule has 3 aromatic rings. The van der Waals surface area contributed by atoms with Crippen LogP contribution in [0.5, 0.6) is 5.75 Å². The highest BCUT2D eigenvalue weighted by molar-refractivity contribution is 7.92. The molecule has 0 aliphatic heterocycles. The highest BCUT2D eigenvalue weighted by Crippen LogP contribution is 2.22. The highest BCUT2D eigenvalue weighted by Gasteiger charge is 2.14. The van der Waals surface area contributed by atoms with Gasteiger partial charge in [-0.05, 0) is 55.5 Å². The van der Waals surface area contributed by atoms with E-state index in [1.807, 2.05) is 32.0 Å². The van der Waals surface area contributed by atoms with Crippen molar-refractivity contribution < 1.29 is 13.2 Å². The maximum absolute atomic E-state index is 12.5. The lowest BCUT2D eigenvalue weighted by molar-refractivity contribution is 0.414. The van der Waals surface area contributed by atoms with Crippen molar-refractivity contribution in [2.75, 3.05) is 36.1 Å². The van der Waals surface area contributed by atoms with Crippen LogP contribution in [-0.4, -0.2) is 39.6 Å². The molecule has 0 unspecified atom stereocenters. The molecule has 0 spiro atoms. The molecule has 1 aromatic heterocycles. The quantitative estimate of drug-likeness (QED) is 0.613. The minimum Gasteiger partial charge on any atom is -0.497 e. The zero-order valence-corrected chi connectivity index (χ0v) is 17.5. The molecular weight excluding hydrogens is 390 g/mol. The van der Waals surface area contributed by atoms with Crippen molar-refractivity contribution in [3.8, 4) is 5.75 Å². The minimum atomic E-state index is -3.69. The number of sulfonamides is 1. The molecule has 2 N–H and O–H groups in total. The lowest BCUT2D eigenvalue weighted by Gasteiger charge is -2.14. The first-order valence-electron chi connectivity index (χ1n) is 8.84. The molecule has 0 amide bonds. The van der Waals surface area contributed by atoms with Crippen molar-refractivity contribution in [1.29, 1.82) is 0 Å². The second kappa shape index (κ2) is 8.36. The normalized spacial score (nSPS) is 11.0. The zero-order chi connectivity index (χ0) is 21.0. The van der Waals surface area contributed by atoms with E-state index in [1.165, 1.54) is 19.2 Å². The Bertz CT molecular complexity index is 1080. The molecule has 0 aliphatic rings. The molecule has 152 valence electrons. The smallest absolute Gasteiger partial charge is 0.261 e. The molecule has 0 saturated heterocycles. The molecular formula is C20H23N5O3S. The van der Waals surface area contributed by atoms with Gasteiger partial charge in [0.25, 0.3) is 10.0 Å². The van der Waals surface area contributed by atoms with Gasteiger partial charge in [-0.25, -0.2) is 13.4 Å². The van der Waals surface area contributed by atoms with E-state index < -0.39 is 10.0 Å². The third-order valence-electron chi connectivity index (χ3n) is 4.06. The Kier molecular flexibility index (Phi) is 5.88. The van der Waals surface area contributed by atoms with Gasteiger partial charge in [0.1, 0.15) is 11.6 Å². The summed E-state index contributed by atoms with van der Waals surface area (Å²) in [6.07, 6.45) is 0. The summed E-state index contributed by atoms with van der Waals surface area (Å²) in [7, 11) is 1.67. The molecule has 0 fully saturated rings. The van der Waals surface area contributed by atoms with E-state index in [9.17, 15) is 8.42 Å². The topological polar surface area (TPSA) is 96.5 Å². The summed E-state index contributed by atoms with van der Waals surface area (Å²) >= 11 is 0. The van der Waals surface area contributed by atoms with E-state index in [0.29, 0.717) is 17.4 Å². The number of rotatable bonds is 7. The number of nitrogens with zero attached hydrogens (tertiary/aromatic N) is 3. The summed E-state index contributed by atoms with van der Waals surface area (Å²) in [5.74, 6) is 1.86. The van der Waals surface area contributed by atoms with Crippen LogP contribution >= 0.6 is 0 Å². The average Bonchev–Trinajstić information content (AvgIpc) is 2.69. The van der Waals surface area contributed by atoms with Crippen LogP contribution in [0.15, 0.2) is 59.5 Å². The van der Waals surface area contributed by atoms with Gasteiger partial charge in [0.2, 0.25) is 5.95 Å². The summed E-state index contributed by atoms with van der Waals surface area (Å²) in [5, 5.41) is 3.13. The van der Waals surface area contributed by atoms with Gasteiger partial charge in [-0.15, -0.1) is 0 Å². The molecule has 29 heavy (non-hydrogen) atoms. The number of aryl methyl sites for hydroxylation is 1. The van der Waals surface area contributed by atoms with Crippen LogP contribution in [0.3, 0.4) is 0 Å². The Morgan fingerprint density at radius 1 is 0.931 bits per heavy atom. The molecule has 0 saturated carbocycles. The number of methoxy groups -OCH3 is 1. The van der Waals surface area contributed by atoms with Crippen molar-refractivity contribution in [3.05, 3.63) is 60.3 Å². The maximum atomic E-state index is 12.5. The van der Waals surface area contributed by atoms with Gasteiger partial charge >= 0.3 is 0 Å². The predicted molar refractivity (Wildman–Crippen MR) is 115 cm³/mol. The third-order valence-corrected chi connectivity index (χ3v) is 5.46. The number of hydrogen-bond donors (Lipinski definition) is 2. The van der Waals surface area contributed by atoms with Crippen molar-refractivity contribution in [2.45, 2.75) is 11.8 Å². The van der Waals surface area contributed by atoms with Crippen LogP contribution in [-0.2, 0) is 10.0 Å². The summed E-state index contributed by atoms with van der Waals surface area (Å²) in [5.41, 5.74) is 2.04. The largest absolute Gasteiger partial charge is 0.497 e. The Morgan fingerprint density at radius 2 is 1.55 bits per heavy atom. The summed E-state index contributed by atoms with van der Waals surface area (Å²) < 4.78 is 32.7. The van der Waals surface area contributed by atoms with E-state index in [0.717, 1.165) is 17.2 Å². The molecule has 3 rings (SSSR count). The van der Waals surface area contributed by atoms with Crippen molar-refractivity contribution >= 4 is 33.2 Å². The number of benzene rings is 2. The molecule has 0 atom stereocenters. The van der Waals surface area contributed by atoms with Crippen molar-refractivity contribution in [1.82, 2.24) is 9.97 Å². The molecule has 9 heteroatoms. The summed E-state index contributed by atoms with van der Waals surface area (Å²) in [4.78, 5) is 10.9. The van der Waals surface area contributed by atoms with Crippen LogP contribution in [0.4, 0.5) is 23.1 Å². The first-order valence-corrected chi connectivity index (χ1v) is 10.3. The van der Waals surface area contributed by atoms with Crippen LogP contribution < -0.4 is 19.7 Å². The third kappa shape index (κ3) is 5.14. The van der Waals surface area contributed by atoms with Gasteiger partial charge in [0.05, 0.1) is 12.0 Å². The molecule has 1 heterocycles. The van der Waals surface area contributed by atoms with Crippen molar-refractivity contribution in [2.24, 2.45) is 0 Å². The Labute approximate surface area is 170 Å². The fourth-order valence-electron chi connectivity index (χ4n) is 2.56. The van der Waals surface area contributed by atoms with Crippen molar-refractivity contribution in [3.63, 3.8) is 0 Å². The molecule has 0 bridgehead atoms. The fraction of sp³-hybridized carbons (Fsp3) is 0.200. The second-order valence-electron chi connectivity index (χ2n) is 6.57. The fourth-order valence-corrected chi connectivity index (χ4v) is 3.62. The molecule has 8 nitrogen and oxygen atoms in total. The standard InChI is InChI=1S/C20H23N5O3S/c1-14-13-19(25(2)3)23-20(21-14)22-15-5-7-16(8-6-15)24-29(26,27)18-11-9-17(28-4)10-12-18/h5-13,24H,1-4H3,(H,21,22,23).